The van der Waals surface area contributed by atoms with E-state index in [-0.39, 0.29) is 35.7 Å². The molecule has 24 heavy (non-hydrogen) atoms. The summed E-state index contributed by atoms with van der Waals surface area (Å²) in [6, 6.07) is 0. The summed E-state index contributed by atoms with van der Waals surface area (Å²) >= 11 is 0. The van der Waals surface area contributed by atoms with Crippen LogP contribution in [-0.2, 0) is 9.47 Å². The van der Waals surface area contributed by atoms with E-state index in [9.17, 15) is 0 Å². The van der Waals surface area contributed by atoms with Crippen molar-refractivity contribution < 1.29 is 9.47 Å². The molecule has 0 amide bonds. The van der Waals surface area contributed by atoms with Crippen LogP contribution in [0.2, 0.25) is 0 Å². The average molecular weight is 454 g/mol. The number of hydrogen-bond acceptors (Lipinski definition) is 4. The molecule has 142 valence electrons. The highest BCUT2D eigenvalue weighted by Crippen LogP contribution is 2.20. The van der Waals surface area contributed by atoms with Crippen molar-refractivity contribution in [2.75, 3.05) is 53.4 Å². The number of piperidine rings is 1. The third kappa shape index (κ3) is 7.41. The van der Waals surface area contributed by atoms with Gasteiger partial charge in [0.1, 0.15) is 0 Å². The highest BCUT2D eigenvalue weighted by atomic mass is 127. The number of guanidine groups is 1. The lowest BCUT2D eigenvalue weighted by atomic mass is 10.1. The van der Waals surface area contributed by atoms with Crippen molar-refractivity contribution in [3.63, 3.8) is 0 Å². The largest absolute Gasteiger partial charge is 0.374 e. The van der Waals surface area contributed by atoms with E-state index in [2.05, 4.69) is 47.9 Å². The van der Waals surface area contributed by atoms with E-state index in [4.69, 9.17) is 9.47 Å². The second-order valence-electron chi connectivity index (χ2n) is 7.60. The van der Waals surface area contributed by atoms with Gasteiger partial charge in [-0.2, -0.15) is 0 Å². The fraction of sp³-hybridized carbons (Fsp3) is 0.941. The van der Waals surface area contributed by atoms with Crippen LogP contribution in [0.15, 0.2) is 4.99 Å². The lowest BCUT2D eigenvalue weighted by molar-refractivity contribution is -0.0773. The molecule has 0 aliphatic carbocycles. The summed E-state index contributed by atoms with van der Waals surface area (Å²) in [5.41, 5.74) is -0.0584. The third-order valence-corrected chi connectivity index (χ3v) is 4.30. The molecule has 2 rings (SSSR count). The van der Waals surface area contributed by atoms with Gasteiger partial charge in [0.15, 0.2) is 5.96 Å². The van der Waals surface area contributed by atoms with Gasteiger partial charge in [0, 0.05) is 39.8 Å². The summed E-state index contributed by atoms with van der Waals surface area (Å²) in [6.07, 6.45) is 2.72. The summed E-state index contributed by atoms with van der Waals surface area (Å²) in [5.74, 6) is 0.982. The molecule has 0 aromatic rings. The number of morpholine rings is 1. The van der Waals surface area contributed by atoms with Crippen molar-refractivity contribution in [3.8, 4) is 0 Å². The Morgan fingerprint density at radius 1 is 1.25 bits per heavy atom. The summed E-state index contributed by atoms with van der Waals surface area (Å²) in [7, 11) is 4.00. The minimum Gasteiger partial charge on any atom is -0.374 e. The van der Waals surface area contributed by atoms with Gasteiger partial charge in [-0.1, -0.05) is 0 Å². The van der Waals surface area contributed by atoms with E-state index in [0.717, 1.165) is 58.1 Å². The van der Waals surface area contributed by atoms with Crippen LogP contribution in [0.5, 0.6) is 0 Å². The molecule has 0 aromatic carbocycles. The molecule has 2 aliphatic heterocycles. The van der Waals surface area contributed by atoms with Crippen molar-refractivity contribution in [2.45, 2.75) is 51.4 Å². The Kier molecular flexibility index (Phi) is 9.25. The zero-order valence-electron chi connectivity index (χ0n) is 15.9. The fourth-order valence-electron chi connectivity index (χ4n) is 3.21. The Balaban J connectivity index is 0.00000288. The lowest BCUT2D eigenvalue weighted by Gasteiger charge is -2.37. The van der Waals surface area contributed by atoms with Gasteiger partial charge >= 0.3 is 0 Å². The second-order valence-corrected chi connectivity index (χ2v) is 7.60. The van der Waals surface area contributed by atoms with Crippen LogP contribution in [-0.4, -0.2) is 87.0 Å². The molecule has 2 heterocycles. The second kappa shape index (κ2) is 10.1. The van der Waals surface area contributed by atoms with E-state index >= 15 is 0 Å². The Hall–Kier alpha value is -0.120. The van der Waals surface area contributed by atoms with E-state index in [1.807, 2.05) is 7.05 Å². The molecule has 1 unspecified atom stereocenters. The maximum Gasteiger partial charge on any atom is 0.193 e. The molecule has 0 bridgehead atoms. The molecule has 0 aromatic heterocycles. The molecule has 1 N–H and O–H groups in total. The first kappa shape index (κ1) is 21.9. The van der Waals surface area contributed by atoms with E-state index in [0.29, 0.717) is 6.10 Å². The van der Waals surface area contributed by atoms with Gasteiger partial charge in [-0.3, -0.25) is 4.99 Å². The van der Waals surface area contributed by atoms with Crippen molar-refractivity contribution in [1.29, 1.82) is 0 Å². The van der Waals surface area contributed by atoms with Crippen LogP contribution >= 0.6 is 24.0 Å². The Morgan fingerprint density at radius 2 is 1.92 bits per heavy atom. The number of ether oxygens (including phenoxy) is 2. The van der Waals surface area contributed by atoms with Crippen LogP contribution in [0.1, 0.15) is 33.6 Å². The highest BCUT2D eigenvalue weighted by molar-refractivity contribution is 14.0. The quantitative estimate of drug-likeness (QED) is 0.401. The molecule has 1 atom stereocenters. The molecule has 0 spiro atoms. The zero-order valence-corrected chi connectivity index (χ0v) is 18.2. The van der Waals surface area contributed by atoms with Gasteiger partial charge in [-0.15, -0.1) is 24.0 Å². The predicted octanol–water partition coefficient (Wildman–Crippen LogP) is 1.79. The van der Waals surface area contributed by atoms with Crippen LogP contribution in [0.4, 0.5) is 0 Å². The first-order chi connectivity index (χ1) is 10.9. The van der Waals surface area contributed by atoms with Gasteiger partial charge in [0.05, 0.1) is 24.4 Å². The van der Waals surface area contributed by atoms with Gasteiger partial charge in [-0.25, -0.2) is 0 Å². The molecule has 2 saturated heterocycles. The lowest BCUT2D eigenvalue weighted by Crippen LogP contribution is -2.51. The number of halogens is 1. The van der Waals surface area contributed by atoms with Crippen LogP contribution < -0.4 is 5.32 Å². The predicted molar refractivity (Wildman–Crippen MR) is 109 cm³/mol. The fourth-order valence-corrected chi connectivity index (χ4v) is 3.21. The third-order valence-electron chi connectivity index (χ3n) is 4.30. The summed E-state index contributed by atoms with van der Waals surface area (Å²) in [4.78, 5) is 9.08. The van der Waals surface area contributed by atoms with Crippen LogP contribution in [0.25, 0.3) is 0 Å². The Bertz CT molecular complexity index is 393. The van der Waals surface area contributed by atoms with E-state index < -0.39 is 0 Å². The Morgan fingerprint density at radius 3 is 2.46 bits per heavy atom. The number of nitrogens with one attached hydrogen (secondary N) is 1. The number of likely N-dealkylation sites (N-methyl/N-ethyl adjacent to an activating group) is 1. The average Bonchev–Trinajstić information content (AvgIpc) is 2.48. The maximum absolute atomic E-state index is 6.09. The number of rotatable bonds is 3. The van der Waals surface area contributed by atoms with Crippen LogP contribution in [0.3, 0.4) is 0 Å². The molecular formula is C17H35IN4O2. The monoisotopic (exact) mass is 454 g/mol. The highest BCUT2D eigenvalue weighted by Gasteiger charge is 2.26. The van der Waals surface area contributed by atoms with Crippen molar-refractivity contribution >= 4 is 29.9 Å². The van der Waals surface area contributed by atoms with Gasteiger partial charge < -0.3 is 24.6 Å². The SMILES string of the molecule is CN=C(NCC1CN(C)CCO1)N1CCC(OC(C)(C)C)CC1.I. The smallest absolute Gasteiger partial charge is 0.193 e. The van der Waals surface area contributed by atoms with E-state index in [1.54, 1.807) is 0 Å². The van der Waals surface area contributed by atoms with Gasteiger partial charge in [-0.05, 0) is 40.7 Å². The number of likely N-dealkylation sites (tertiary alicyclic amines) is 1. The minimum atomic E-state index is -0.0584. The standard InChI is InChI=1S/C17H34N4O2.HI/c1-17(2,3)23-14-6-8-21(9-7-14)16(18-4)19-12-15-13-20(5)10-11-22-15;/h14-15H,6-13H2,1-5H3,(H,18,19);1H. The molecule has 6 nitrogen and oxygen atoms in total. The normalized spacial score (nSPS) is 24.6. The molecule has 2 aliphatic rings. The van der Waals surface area contributed by atoms with Gasteiger partial charge in [0.2, 0.25) is 0 Å². The molecular weight excluding hydrogens is 419 g/mol. The van der Waals surface area contributed by atoms with Crippen molar-refractivity contribution in [2.24, 2.45) is 4.99 Å². The van der Waals surface area contributed by atoms with Crippen molar-refractivity contribution in [1.82, 2.24) is 15.1 Å². The zero-order chi connectivity index (χ0) is 16.9. The first-order valence-electron chi connectivity index (χ1n) is 8.81. The number of nitrogens with zero attached hydrogens (tertiary/aromatic N) is 3. The molecule has 2 fully saturated rings. The maximum atomic E-state index is 6.09. The van der Waals surface area contributed by atoms with E-state index in [1.165, 1.54) is 0 Å². The summed E-state index contributed by atoms with van der Waals surface area (Å²) in [6.45, 7) is 12.0. The minimum absolute atomic E-state index is 0. The molecule has 7 heteroatoms. The van der Waals surface area contributed by atoms with Crippen LogP contribution in [0, 0.1) is 0 Å². The first-order valence-corrected chi connectivity index (χ1v) is 8.81. The number of aliphatic imine (C=N–C) groups is 1. The van der Waals surface area contributed by atoms with Crippen molar-refractivity contribution in [3.05, 3.63) is 0 Å². The van der Waals surface area contributed by atoms with Gasteiger partial charge in [0.25, 0.3) is 0 Å². The molecule has 0 radical (unpaired) electrons. The number of hydrogen-bond donors (Lipinski definition) is 1. The topological polar surface area (TPSA) is 49.3 Å². The summed E-state index contributed by atoms with van der Waals surface area (Å²) < 4.78 is 11.9. The Labute approximate surface area is 164 Å². The molecule has 0 saturated carbocycles. The summed E-state index contributed by atoms with van der Waals surface area (Å²) in [5, 5.41) is 3.48.